The van der Waals surface area contributed by atoms with Gasteiger partial charge in [-0.1, -0.05) is 17.7 Å². The van der Waals surface area contributed by atoms with Gasteiger partial charge >= 0.3 is 0 Å². The minimum absolute atomic E-state index is 0.101. The smallest absolute Gasteiger partial charge is 0.217 e. The first-order valence-corrected chi connectivity index (χ1v) is 10.6. The highest BCUT2D eigenvalue weighted by molar-refractivity contribution is 7.14. The zero-order chi connectivity index (χ0) is 21.7. The molecule has 30 heavy (non-hydrogen) atoms. The van der Waals surface area contributed by atoms with Gasteiger partial charge in [-0.2, -0.15) is 0 Å². The molecule has 7 nitrogen and oxygen atoms in total. The van der Waals surface area contributed by atoms with Crippen LogP contribution in [0.2, 0.25) is 0 Å². The third-order valence-electron chi connectivity index (χ3n) is 4.65. The van der Waals surface area contributed by atoms with Crippen molar-refractivity contribution in [2.75, 3.05) is 11.9 Å². The average molecular weight is 426 g/mol. The third-order valence-corrected chi connectivity index (χ3v) is 5.41. The molecule has 2 aromatic heterocycles. The van der Waals surface area contributed by atoms with Gasteiger partial charge in [-0.05, 0) is 56.0 Å². The zero-order valence-electron chi connectivity index (χ0n) is 17.7. The van der Waals surface area contributed by atoms with Crippen LogP contribution in [0.3, 0.4) is 0 Å². The van der Waals surface area contributed by atoms with Crippen molar-refractivity contribution in [1.82, 2.24) is 10.3 Å². The first kappa shape index (κ1) is 21.6. The number of rotatable bonds is 7. The van der Waals surface area contributed by atoms with Gasteiger partial charge in [0.15, 0.2) is 16.9 Å². The summed E-state index contributed by atoms with van der Waals surface area (Å²) >= 11 is 1.42. The predicted octanol–water partition coefficient (Wildman–Crippen LogP) is 3.93. The Labute approximate surface area is 180 Å². The summed E-state index contributed by atoms with van der Waals surface area (Å²) in [7, 11) is 0. The molecule has 0 saturated carbocycles. The molecule has 1 aromatic carbocycles. The molecule has 0 spiro atoms. The molecule has 3 aromatic rings. The molecule has 0 unspecified atom stereocenters. The number of guanidine groups is 1. The van der Waals surface area contributed by atoms with Crippen LogP contribution in [0.25, 0.3) is 11.5 Å². The van der Waals surface area contributed by atoms with Gasteiger partial charge in [-0.3, -0.25) is 9.79 Å². The number of hydrogen-bond donors (Lipinski definition) is 3. The Bertz CT molecular complexity index is 1040. The van der Waals surface area contributed by atoms with Crippen molar-refractivity contribution in [3.63, 3.8) is 0 Å². The number of furan rings is 1. The monoisotopic (exact) mass is 425 g/mol. The van der Waals surface area contributed by atoms with E-state index in [4.69, 9.17) is 10.2 Å². The molecule has 0 aliphatic heterocycles. The Morgan fingerprint density at radius 1 is 1.23 bits per heavy atom. The lowest BCUT2D eigenvalue weighted by Crippen LogP contribution is -2.23. The van der Waals surface area contributed by atoms with Crippen molar-refractivity contribution in [1.29, 1.82) is 0 Å². The lowest BCUT2D eigenvalue weighted by atomic mass is 9.97. The van der Waals surface area contributed by atoms with Crippen LogP contribution in [0.4, 0.5) is 5.13 Å². The van der Waals surface area contributed by atoms with Gasteiger partial charge in [-0.15, -0.1) is 11.3 Å². The van der Waals surface area contributed by atoms with E-state index in [2.05, 4.69) is 53.5 Å². The number of thiazole rings is 1. The van der Waals surface area contributed by atoms with Crippen LogP contribution < -0.4 is 16.4 Å². The highest BCUT2D eigenvalue weighted by Crippen LogP contribution is 2.26. The molecule has 2 heterocycles. The number of benzene rings is 1. The maximum absolute atomic E-state index is 11.0. The van der Waals surface area contributed by atoms with Crippen molar-refractivity contribution < 1.29 is 9.21 Å². The van der Waals surface area contributed by atoms with Gasteiger partial charge < -0.3 is 20.8 Å². The van der Waals surface area contributed by atoms with Crippen LogP contribution in [0, 0.1) is 20.8 Å². The van der Waals surface area contributed by atoms with E-state index < -0.39 is 0 Å². The fraction of sp³-hybridized carbons (Fsp3) is 0.318. The topological polar surface area (TPSA) is 106 Å². The number of aromatic nitrogens is 1. The van der Waals surface area contributed by atoms with Crippen LogP contribution in [0.5, 0.6) is 0 Å². The number of hydrogen-bond acceptors (Lipinski definition) is 5. The van der Waals surface area contributed by atoms with E-state index in [9.17, 15) is 4.79 Å². The van der Waals surface area contributed by atoms with E-state index in [1.165, 1.54) is 40.5 Å². The first-order chi connectivity index (χ1) is 14.3. The largest absolute Gasteiger partial charge is 0.458 e. The summed E-state index contributed by atoms with van der Waals surface area (Å²) in [6.45, 7) is 8.80. The molecule has 4 N–H and O–H groups in total. The summed E-state index contributed by atoms with van der Waals surface area (Å²) in [6, 6.07) is 8.05. The number of nitrogens with one attached hydrogen (secondary N) is 2. The Balaban J connectivity index is 1.57. The van der Waals surface area contributed by atoms with Crippen LogP contribution in [-0.2, 0) is 17.8 Å². The number of nitrogens with zero attached hydrogens (tertiary/aromatic N) is 2. The Morgan fingerprint density at radius 2 is 1.97 bits per heavy atom. The van der Waals surface area contributed by atoms with Crippen molar-refractivity contribution in [3.8, 4) is 11.5 Å². The second kappa shape index (κ2) is 9.58. The fourth-order valence-corrected chi connectivity index (χ4v) is 4.01. The molecule has 8 heteroatoms. The number of carbonyl (C=O) groups is 1. The SMILES string of the molecule is CC(=O)NCc1ccc(-c2csc(NC(N)=NCCc3c(C)cc(C)cc3C)n2)o1. The van der Waals surface area contributed by atoms with E-state index >= 15 is 0 Å². The molecule has 0 radical (unpaired) electrons. The van der Waals surface area contributed by atoms with Gasteiger partial charge in [0.05, 0.1) is 6.54 Å². The van der Waals surface area contributed by atoms with Gasteiger partial charge in [0.1, 0.15) is 11.5 Å². The highest BCUT2D eigenvalue weighted by atomic mass is 32.1. The minimum atomic E-state index is -0.101. The minimum Gasteiger partial charge on any atom is -0.458 e. The lowest BCUT2D eigenvalue weighted by Gasteiger charge is -2.10. The summed E-state index contributed by atoms with van der Waals surface area (Å²) in [5.41, 5.74) is 11.9. The van der Waals surface area contributed by atoms with Crippen LogP contribution in [0.15, 0.2) is 39.1 Å². The van der Waals surface area contributed by atoms with Gasteiger partial charge in [-0.25, -0.2) is 4.98 Å². The number of nitrogens with two attached hydrogens (primary N) is 1. The molecule has 158 valence electrons. The predicted molar refractivity (Wildman–Crippen MR) is 122 cm³/mol. The van der Waals surface area contributed by atoms with E-state index in [-0.39, 0.29) is 5.91 Å². The maximum Gasteiger partial charge on any atom is 0.217 e. The van der Waals surface area contributed by atoms with E-state index in [0.717, 1.165) is 6.42 Å². The van der Waals surface area contributed by atoms with Gasteiger partial charge in [0.2, 0.25) is 5.91 Å². The molecule has 3 rings (SSSR count). The maximum atomic E-state index is 11.0. The number of amides is 1. The third kappa shape index (κ3) is 5.70. The normalized spacial score (nSPS) is 11.5. The molecule has 0 aliphatic rings. The van der Waals surface area contributed by atoms with E-state index in [1.54, 1.807) is 0 Å². The van der Waals surface area contributed by atoms with Crippen molar-refractivity contribution in [3.05, 3.63) is 57.7 Å². The standard InChI is InChI=1S/C22H27N5O2S/c1-13-9-14(2)18(15(3)10-13)7-8-24-21(23)27-22-26-19(12-30-22)20-6-5-17(29-20)11-25-16(4)28/h5-6,9-10,12H,7-8,11H2,1-4H3,(H,25,28)(H3,23,24,26,27). The van der Waals surface area contributed by atoms with E-state index in [0.29, 0.717) is 41.4 Å². The first-order valence-electron chi connectivity index (χ1n) is 9.74. The van der Waals surface area contributed by atoms with Crippen LogP contribution in [0.1, 0.15) is 34.9 Å². The van der Waals surface area contributed by atoms with Gasteiger partial charge in [0.25, 0.3) is 0 Å². The van der Waals surface area contributed by atoms with Crippen molar-refractivity contribution >= 4 is 28.3 Å². The van der Waals surface area contributed by atoms with Crippen molar-refractivity contribution in [2.24, 2.45) is 10.7 Å². The number of aryl methyl sites for hydroxylation is 3. The van der Waals surface area contributed by atoms with Gasteiger partial charge in [0, 0.05) is 18.8 Å². The highest BCUT2D eigenvalue weighted by Gasteiger charge is 2.10. The second-order valence-electron chi connectivity index (χ2n) is 7.23. The second-order valence-corrected chi connectivity index (χ2v) is 8.09. The van der Waals surface area contributed by atoms with Crippen LogP contribution in [-0.4, -0.2) is 23.4 Å². The van der Waals surface area contributed by atoms with Crippen molar-refractivity contribution in [2.45, 2.75) is 40.7 Å². The average Bonchev–Trinajstić information content (AvgIpc) is 3.31. The van der Waals surface area contributed by atoms with E-state index in [1.807, 2.05) is 17.5 Å². The summed E-state index contributed by atoms with van der Waals surface area (Å²) in [6.07, 6.45) is 0.840. The summed E-state index contributed by atoms with van der Waals surface area (Å²) in [5, 5.41) is 8.28. The quantitative estimate of drug-likeness (QED) is 0.393. The molecule has 0 aliphatic carbocycles. The Kier molecular flexibility index (Phi) is 6.89. The molecular formula is C22H27N5O2S. The molecule has 0 saturated heterocycles. The Morgan fingerprint density at radius 3 is 2.67 bits per heavy atom. The van der Waals surface area contributed by atoms with Crippen LogP contribution >= 0.6 is 11.3 Å². The molecular weight excluding hydrogens is 398 g/mol. The molecule has 0 fully saturated rings. The summed E-state index contributed by atoms with van der Waals surface area (Å²) in [4.78, 5) is 19.9. The molecule has 1 amide bonds. The summed E-state index contributed by atoms with van der Waals surface area (Å²) < 4.78 is 5.72. The number of carbonyl (C=O) groups excluding carboxylic acids is 1. The molecule has 0 atom stereocenters. The summed E-state index contributed by atoms with van der Waals surface area (Å²) in [5.74, 6) is 1.55. The fourth-order valence-electron chi connectivity index (χ4n) is 3.31. The molecule has 0 bridgehead atoms. The number of anilines is 1. The zero-order valence-corrected chi connectivity index (χ0v) is 18.5. The number of aliphatic imine (C=N–C) groups is 1. The lowest BCUT2D eigenvalue weighted by molar-refractivity contribution is -0.119. The Hall–Kier alpha value is -3.13.